The van der Waals surface area contributed by atoms with Crippen molar-refractivity contribution in [2.45, 2.75) is 233 Å². The van der Waals surface area contributed by atoms with Crippen molar-refractivity contribution in [2.24, 2.45) is 16.0 Å². The summed E-state index contributed by atoms with van der Waals surface area (Å²) in [6.07, 6.45) is 8.59. The van der Waals surface area contributed by atoms with Gasteiger partial charge in [-0.15, -0.1) is 0 Å². The molecule has 0 aliphatic carbocycles. The van der Waals surface area contributed by atoms with Crippen LogP contribution in [0.2, 0.25) is 0 Å². The van der Waals surface area contributed by atoms with Crippen molar-refractivity contribution in [1.82, 2.24) is 58.8 Å². The van der Waals surface area contributed by atoms with E-state index in [2.05, 4.69) is 20.1 Å². The minimum absolute atomic E-state index is 0.0400. The first-order chi connectivity index (χ1) is 45.3. The number of primary amides is 1. The molecule has 32 heteroatoms. The van der Waals surface area contributed by atoms with Crippen molar-refractivity contribution in [2.75, 3.05) is 78.5 Å². The van der Waals surface area contributed by atoms with Crippen LogP contribution in [0.15, 0.2) is 10.2 Å². The molecule has 0 unspecified atom stereocenters. The zero-order valence-electron chi connectivity index (χ0n) is 53.6. The van der Waals surface area contributed by atoms with Crippen LogP contribution in [0.3, 0.4) is 0 Å². The highest BCUT2D eigenvalue weighted by atomic mass is 16.2. The van der Waals surface area contributed by atoms with E-state index >= 15 is 19.2 Å². The van der Waals surface area contributed by atoms with Crippen LogP contribution in [-0.2, 0) is 62.3 Å². The molecule has 2 N–H and O–H groups in total. The van der Waals surface area contributed by atoms with Crippen LogP contribution in [-0.4, -0.2) is 299 Å². The minimum Gasteiger partial charge on any atom is -0.368 e. The Hall–Kier alpha value is -8.27. The maximum absolute atomic E-state index is 15.1. The lowest BCUT2D eigenvalue weighted by molar-refractivity contribution is -0.156. The lowest BCUT2D eigenvalue weighted by atomic mass is 10.1. The number of nitrogens with zero attached hydrogens (tertiary/aromatic N) is 18. The average molecular weight is 1310 g/mol. The Morgan fingerprint density at radius 2 is 0.468 bits per heavy atom. The number of hydrogen-bond donors (Lipinski definition) is 1. The molecule has 12 aliphatic heterocycles. The fourth-order valence-corrected chi connectivity index (χ4v) is 18.0. The second-order valence-electron chi connectivity index (χ2n) is 27.7. The Kier molecular flexibility index (Phi) is 19.3. The number of nitrogens with two attached hydrogens (primary N) is 1. The first-order valence-corrected chi connectivity index (χ1v) is 34.3. The van der Waals surface area contributed by atoms with E-state index in [0.29, 0.717) is 129 Å². The topological polar surface area (TPSA) is 384 Å². The molecule has 12 saturated heterocycles. The van der Waals surface area contributed by atoms with Gasteiger partial charge in [0.25, 0.3) is 0 Å². The molecule has 12 rings (SSSR count). The van der Waals surface area contributed by atoms with Crippen LogP contribution in [0.4, 0.5) is 0 Å². The molecule has 508 valence electrons. The van der Waals surface area contributed by atoms with Gasteiger partial charge in [0.1, 0.15) is 72.5 Å². The minimum atomic E-state index is -1.18. The molecule has 13 amide bonds. The van der Waals surface area contributed by atoms with Crippen LogP contribution in [0.25, 0.3) is 20.9 Å². The summed E-state index contributed by atoms with van der Waals surface area (Å²) >= 11 is 0. The summed E-state index contributed by atoms with van der Waals surface area (Å²) in [5.41, 5.74) is 24.8. The van der Waals surface area contributed by atoms with Crippen molar-refractivity contribution in [3.8, 4) is 0 Å². The van der Waals surface area contributed by atoms with Crippen molar-refractivity contribution in [3.05, 3.63) is 20.9 Å². The summed E-state index contributed by atoms with van der Waals surface area (Å²) in [5, 5.41) is 7.84. The quantitative estimate of drug-likeness (QED) is 0.136. The zero-order chi connectivity index (χ0) is 66.4. The van der Waals surface area contributed by atoms with Gasteiger partial charge in [0.2, 0.25) is 76.8 Å². The van der Waals surface area contributed by atoms with Gasteiger partial charge in [0.05, 0.1) is 12.1 Å². The normalized spacial score (nSPS) is 32.5. The van der Waals surface area contributed by atoms with E-state index in [1.54, 1.807) is 9.80 Å². The Morgan fingerprint density at radius 1 is 0.287 bits per heavy atom. The van der Waals surface area contributed by atoms with Gasteiger partial charge in [-0.05, 0) is 152 Å². The van der Waals surface area contributed by atoms with Gasteiger partial charge < -0.3 is 64.5 Å². The smallest absolute Gasteiger partial charge is 0.246 e. The Balaban J connectivity index is 0.699. The highest BCUT2D eigenvalue weighted by Crippen LogP contribution is 2.38. The Bertz CT molecular complexity index is 3210. The first-order valence-electron chi connectivity index (χ1n) is 34.3. The second kappa shape index (κ2) is 27.6. The standard InChI is InChI=1S/C62H87N19O13/c1-36(82)70-22-3-13-40(70)52(84)72-24-5-15-42(72)56(88)76-28-10-20-47(76)59(91)80-34-38(67-69-65)33-50(80)62(94)79-31-9-19-46(79)58(90)77-29-11-21-48(77)60(92)81-35-37(66-68-64)32-49(81)61(93)78-30-8-18-45(78)57(89)75-27-7-17-44(75)55(87)74-26-6-16-43(74)54(86)73-25-4-14-41(73)53(85)71-23-2-12-39(71)51(63)83/h37-50H,2-35H2,1H3,(H2,63,83)/t37-,38-,39+,40+,41+,42+,43+,44+,45+,46+,47+,48+,49+,50+/m1/s1. The molecule has 94 heavy (non-hydrogen) atoms. The van der Waals surface area contributed by atoms with Gasteiger partial charge in [0, 0.05) is 95.3 Å². The molecular formula is C62H87N19O13. The third-order valence-electron chi connectivity index (χ3n) is 22.5. The maximum Gasteiger partial charge on any atom is 0.246 e. The summed E-state index contributed by atoms with van der Waals surface area (Å²) in [4.78, 5) is 210. The maximum atomic E-state index is 15.1. The molecule has 12 fully saturated rings. The Labute approximate surface area is 544 Å². The van der Waals surface area contributed by atoms with Crippen molar-refractivity contribution < 1.29 is 62.3 Å². The summed E-state index contributed by atoms with van der Waals surface area (Å²) in [6.45, 7) is 3.83. The molecule has 0 spiro atoms. The number of carbonyl (C=O) groups excluding carboxylic acids is 13. The highest BCUT2D eigenvalue weighted by Gasteiger charge is 2.55. The summed E-state index contributed by atoms with van der Waals surface area (Å²) < 4.78 is 0. The van der Waals surface area contributed by atoms with Gasteiger partial charge in [0.15, 0.2) is 0 Å². The second-order valence-corrected chi connectivity index (χ2v) is 27.7. The van der Waals surface area contributed by atoms with Gasteiger partial charge in [-0.1, -0.05) is 10.2 Å². The van der Waals surface area contributed by atoms with Crippen molar-refractivity contribution in [1.29, 1.82) is 0 Å². The van der Waals surface area contributed by atoms with Crippen LogP contribution < -0.4 is 5.73 Å². The fourth-order valence-electron chi connectivity index (χ4n) is 18.0. The largest absolute Gasteiger partial charge is 0.368 e. The number of azide groups is 2. The molecule has 14 atom stereocenters. The fraction of sp³-hybridized carbons (Fsp3) is 0.790. The zero-order valence-corrected chi connectivity index (χ0v) is 53.6. The Morgan fingerprint density at radius 3 is 0.681 bits per heavy atom. The summed E-state index contributed by atoms with van der Waals surface area (Å²) in [7, 11) is 0. The number of rotatable bonds is 14. The SMILES string of the molecule is CC(=O)N1CCC[C@H]1C(=O)N1CCC[C@H]1C(=O)N1CCC[C@H]1C(=O)N1C[C@H](N=[N+]=[N-])C[C@H]1C(=O)N1CCC[C@H]1C(=O)N1CCC[C@H]1C(=O)N1C[C@H](N=[N+]=[N-])C[C@H]1C(=O)N1CCC[C@H]1C(=O)N1CCC[C@H]1C(=O)N1CCC[C@H]1C(=O)N1CCC[C@H]1C(=O)N1CCC[C@H]1C(N)=O. The molecule has 0 bridgehead atoms. The average Bonchev–Trinajstić information content (AvgIpc) is 1.61. The van der Waals surface area contributed by atoms with Gasteiger partial charge >= 0.3 is 0 Å². The summed E-state index contributed by atoms with van der Waals surface area (Å²) in [6, 6.07) is -12.9. The van der Waals surface area contributed by atoms with Gasteiger partial charge in [-0.25, -0.2) is 0 Å². The van der Waals surface area contributed by atoms with E-state index in [0.717, 1.165) is 0 Å². The first kappa shape index (κ1) is 65.8. The van der Waals surface area contributed by atoms with Crippen LogP contribution in [0.5, 0.6) is 0 Å². The highest BCUT2D eigenvalue weighted by molar-refractivity contribution is 6.01. The summed E-state index contributed by atoms with van der Waals surface area (Å²) in [5.74, 6) is -5.64. The van der Waals surface area contributed by atoms with Crippen LogP contribution in [0, 0.1) is 0 Å². The third kappa shape index (κ3) is 12.1. The lowest BCUT2D eigenvalue weighted by Gasteiger charge is -2.38. The van der Waals surface area contributed by atoms with E-state index in [1.807, 2.05) is 0 Å². The van der Waals surface area contributed by atoms with Crippen molar-refractivity contribution in [3.63, 3.8) is 0 Å². The number of amides is 13. The molecule has 0 aromatic carbocycles. The monoisotopic (exact) mass is 1310 g/mol. The molecule has 0 radical (unpaired) electrons. The van der Waals surface area contributed by atoms with Crippen molar-refractivity contribution >= 4 is 76.8 Å². The van der Waals surface area contributed by atoms with E-state index < -0.39 is 126 Å². The van der Waals surface area contributed by atoms with E-state index in [4.69, 9.17) is 5.73 Å². The molecular weight excluding hydrogens is 1220 g/mol. The third-order valence-corrected chi connectivity index (χ3v) is 22.5. The number of hydrogen-bond acceptors (Lipinski definition) is 15. The predicted molar refractivity (Wildman–Crippen MR) is 328 cm³/mol. The van der Waals surface area contributed by atoms with Gasteiger partial charge in [-0.2, -0.15) is 0 Å². The van der Waals surface area contributed by atoms with Gasteiger partial charge in [-0.3, -0.25) is 62.3 Å². The molecule has 12 aliphatic rings. The molecule has 0 aromatic heterocycles. The number of likely N-dealkylation sites (tertiary alicyclic amines) is 12. The van der Waals surface area contributed by atoms with E-state index in [-0.39, 0.29) is 126 Å². The number of carbonyl (C=O) groups is 13. The molecule has 0 saturated carbocycles. The van der Waals surface area contributed by atoms with E-state index in [9.17, 15) is 54.2 Å². The molecule has 0 aromatic rings. The lowest BCUT2D eigenvalue weighted by Crippen LogP contribution is -2.59. The molecule has 32 nitrogen and oxygen atoms in total. The predicted octanol–water partition coefficient (Wildman–Crippen LogP) is -0.0388. The van der Waals surface area contributed by atoms with Crippen LogP contribution >= 0.6 is 0 Å². The molecule has 12 heterocycles. The van der Waals surface area contributed by atoms with Crippen LogP contribution in [0.1, 0.15) is 148 Å². The van der Waals surface area contributed by atoms with E-state index in [1.165, 1.54) is 55.9 Å².